The van der Waals surface area contributed by atoms with Gasteiger partial charge in [-0.2, -0.15) is 5.10 Å². The zero-order valence-corrected chi connectivity index (χ0v) is 13.6. The molecule has 3 aromatic rings. The maximum absolute atomic E-state index is 11.6. The Labute approximate surface area is 142 Å². The van der Waals surface area contributed by atoms with Crippen LogP contribution in [0, 0.1) is 0 Å². The molecule has 1 aliphatic rings. The van der Waals surface area contributed by atoms with Crippen LogP contribution in [0.1, 0.15) is 28.7 Å². The molecule has 4 heterocycles. The van der Waals surface area contributed by atoms with Crippen LogP contribution < -0.4 is 0 Å². The summed E-state index contributed by atoms with van der Waals surface area (Å²) < 4.78 is 13.4. The predicted molar refractivity (Wildman–Crippen MR) is 86.9 cm³/mol. The van der Waals surface area contributed by atoms with Gasteiger partial charge in [0.05, 0.1) is 44.5 Å². The van der Waals surface area contributed by atoms with Gasteiger partial charge in [-0.15, -0.1) is 5.10 Å². The maximum atomic E-state index is 11.6. The van der Waals surface area contributed by atoms with Gasteiger partial charge in [0, 0.05) is 11.8 Å². The molecule has 0 atom stereocenters. The molecule has 0 unspecified atom stereocenters. The van der Waals surface area contributed by atoms with Crippen molar-refractivity contribution in [1.82, 2.24) is 29.6 Å². The van der Waals surface area contributed by atoms with Gasteiger partial charge in [0.15, 0.2) is 11.3 Å². The largest absolute Gasteiger partial charge is 0.461 e. The summed E-state index contributed by atoms with van der Waals surface area (Å²) in [6.45, 7) is 3.76. The van der Waals surface area contributed by atoms with Crippen molar-refractivity contribution in [2.24, 2.45) is 0 Å². The molecule has 1 fully saturated rings. The molecule has 4 rings (SSSR count). The Morgan fingerprint density at radius 2 is 2.28 bits per heavy atom. The number of imidazole rings is 1. The van der Waals surface area contributed by atoms with Crippen LogP contribution in [0.15, 0.2) is 30.2 Å². The number of hydrogen-bond donors (Lipinski definition) is 0. The van der Waals surface area contributed by atoms with Crippen LogP contribution >= 0.6 is 0 Å². The summed E-state index contributed by atoms with van der Waals surface area (Å²) in [7, 11) is 0. The Hall–Kier alpha value is -3.07. The van der Waals surface area contributed by atoms with E-state index in [2.05, 4.69) is 26.5 Å². The van der Waals surface area contributed by atoms with Gasteiger partial charge in [0.1, 0.15) is 0 Å². The number of aromatic nitrogens is 6. The van der Waals surface area contributed by atoms with E-state index < -0.39 is 5.97 Å². The lowest BCUT2D eigenvalue weighted by atomic mass is 10.1. The van der Waals surface area contributed by atoms with Crippen LogP contribution in [0.5, 0.6) is 0 Å². The number of fused-ring (bicyclic) bond motifs is 1. The first-order valence-electron chi connectivity index (χ1n) is 7.90. The predicted octanol–water partition coefficient (Wildman–Crippen LogP) is 0.959. The fourth-order valence-corrected chi connectivity index (χ4v) is 2.52. The first kappa shape index (κ1) is 15.5. The highest BCUT2D eigenvalue weighted by Gasteiger charge is 2.14. The molecule has 1 aliphatic heterocycles. The number of ether oxygens (including phenoxy) is 2. The molecule has 1 saturated heterocycles. The van der Waals surface area contributed by atoms with E-state index in [1.54, 1.807) is 28.5 Å². The van der Waals surface area contributed by atoms with Gasteiger partial charge in [-0.3, -0.25) is 0 Å². The number of carbonyl (C=O) groups excluding carboxylic acids is 1. The molecule has 0 saturated carbocycles. The van der Waals surface area contributed by atoms with Crippen molar-refractivity contribution < 1.29 is 14.3 Å². The Morgan fingerprint density at radius 3 is 3.04 bits per heavy atom. The van der Waals surface area contributed by atoms with Crippen LogP contribution in [0.3, 0.4) is 0 Å². The normalized spacial score (nSPS) is 13.7. The topological polar surface area (TPSA) is 96.4 Å². The minimum absolute atomic E-state index is 0.180. The third kappa shape index (κ3) is 3.13. The van der Waals surface area contributed by atoms with Crippen LogP contribution in [0.2, 0.25) is 0 Å². The first-order valence-corrected chi connectivity index (χ1v) is 7.90. The lowest BCUT2D eigenvalue weighted by Crippen LogP contribution is -2.15. The summed E-state index contributed by atoms with van der Waals surface area (Å²) in [6.07, 6.45) is 7.19. The third-order valence-corrected chi connectivity index (χ3v) is 3.72. The molecular weight excluding hydrogens is 324 g/mol. The van der Waals surface area contributed by atoms with Crippen molar-refractivity contribution in [2.75, 3.05) is 19.8 Å². The molecule has 3 aromatic heterocycles. The Bertz CT molecular complexity index is 952. The van der Waals surface area contributed by atoms with E-state index in [-0.39, 0.29) is 5.69 Å². The highest BCUT2D eigenvalue weighted by molar-refractivity contribution is 5.86. The number of rotatable bonds is 5. The highest BCUT2D eigenvalue weighted by Crippen LogP contribution is 2.17. The van der Waals surface area contributed by atoms with Gasteiger partial charge in [0.2, 0.25) is 0 Å². The number of nitrogens with zero attached hydrogens (tertiary/aromatic N) is 6. The molecule has 128 valence electrons. The third-order valence-electron chi connectivity index (χ3n) is 3.72. The van der Waals surface area contributed by atoms with Gasteiger partial charge >= 0.3 is 5.97 Å². The van der Waals surface area contributed by atoms with E-state index in [0.717, 1.165) is 16.9 Å². The monoisotopic (exact) mass is 340 g/mol. The van der Waals surface area contributed by atoms with E-state index >= 15 is 0 Å². The summed E-state index contributed by atoms with van der Waals surface area (Å²) in [5.74, 6) is -0.484. The van der Waals surface area contributed by atoms with Crippen molar-refractivity contribution in [3.8, 4) is 0 Å². The van der Waals surface area contributed by atoms with Gasteiger partial charge in [0.25, 0.3) is 0 Å². The summed E-state index contributed by atoms with van der Waals surface area (Å²) in [5.41, 5.74) is 3.93. The van der Waals surface area contributed by atoms with Crippen LogP contribution in [-0.4, -0.2) is 55.4 Å². The van der Waals surface area contributed by atoms with Crippen molar-refractivity contribution in [2.45, 2.75) is 13.5 Å². The van der Waals surface area contributed by atoms with Crippen molar-refractivity contribution in [3.63, 3.8) is 0 Å². The standard InChI is InChI=1S/C16H16N6O3/c1-2-25-16(23)14-8-21(20-19-14)6-13-7-22-15(18-13)12(3-4-17-22)5-11-9-24-10-11/h3-5,7-8H,2,6,9-10H2,1H3. The molecule has 0 aromatic carbocycles. The minimum atomic E-state index is -0.484. The summed E-state index contributed by atoms with van der Waals surface area (Å²) in [4.78, 5) is 16.3. The van der Waals surface area contributed by atoms with Crippen molar-refractivity contribution in [1.29, 1.82) is 0 Å². The number of esters is 1. The summed E-state index contributed by atoms with van der Waals surface area (Å²) in [6, 6.07) is 1.92. The maximum Gasteiger partial charge on any atom is 0.360 e. The molecule has 0 bridgehead atoms. The molecule has 9 nitrogen and oxygen atoms in total. The van der Waals surface area contributed by atoms with Gasteiger partial charge in [-0.25, -0.2) is 19.0 Å². The van der Waals surface area contributed by atoms with Crippen LogP contribution in [-0.2, 0) is 16.0 Å². The Kier molecular flexibility index (Phi) is 3.98. The summed E-state index contributed by atoms with van der Waals surface area (Å²) >= 11 is 0. The van der Waals surface area contributed by atoms with Crippen LogP contribution in [0.4, 0.5) is 0 Å². The number of carbonyl (C=O) groups is 1. The minimum Gasteiger partial charge on any atom is -0.461 e. The quantitative estimate of drug-likeness (QED) is 0.638. The van der Waals surface area contributed by atoms with Crippen molar-refractivity contribution >= 4 is 17.7 Å². The second-order valence-electron chi connectivity index (χ2n) is 5.60. The molecule has 0 radical (unpaired) electrons. The lowest BCUT2D eigenvalue weighted by Gasteiger charge is -2.17. The zero-order valence-electron chi connectivity index (χ0n) is 13.6. The SMILES string of the molecule is CCOC(=O)c1cn(Cc2cn3nccc(C=C4COC4)c3n2)nn1. The van der Waals surface area contributed by atoms with Gasteiger partial charge in [-0.05, 0) is 24.6 Å². The van der Waals surface area contributed by atoms with Gasteiger partial charge in [-0.1, -0.05) is 5.21 Å². The second kappa shape index (κ2) is 6.44. The second-order valence-corrected chi connectivity index (χ2v) is 5.60. The van der Waals surface area contributed by atoms with E-state index in [0.29, 0.717) is 26.4 Å². The summed E-state index contributed by atoms with van der Waals surface area (Å²) in [5, 5.41) is 12.1. The lowest BCUT2D eigenvalue weighted by molar-refractivity contribution is 0.0519. The molecular formula is C16H16N6O3. The Morgan fingerprint density at radius 1 is 1.40 bits per heavy atom. The average molecular weight is 340 g/mol. The molecule has 0 spiro atoms. The van der Waals surface area contributed by atoms with Crippen molar-refractivity contribution in [3.05, 3.63) is 47.2 Å². The Balaban J connectivity index is 1.58. The molecule has 25 heavy (non-hydrogen) atoms. The van der Waals surface area contributed by atoms with E-state index in [1.165, 1.54) is 5.57 Å². The average Bonchev–Trinajstić information content (AvgIpc) is 3.18. The van der Waals surface area contributed by atoms with E-state index in [9.17, 15) is 4.79 Å². The molecule has 9 heteroatoms. The van der Waals surface area contributed by atoms with E-state index in [4.69, 9.17) is 9.47 Å². The fraction of sp³-hybridized carbons (Fsp3) is 0.312. The highest BCUT2D eigenvalue weighted by atomic mass is 16.5. The smallest absolute Gasteiger partial charge is 0.360 e. The van der Waals surface area contributed by atoms with Crippen LogP contribution in [0.25, 0.3) is 11.7 Å². The number of hydrogen-bond acceptors (Lipinski definition) is 7. The molecule has 0 N–H and O–H groups in total. The fourth-order valence-electron chi connectivity index (χ4n) is 2.52. The molecule has 0 aliphatic carbocycles. The first-order chi connectivity index (χ1) is 12.2. The zero-order chi connectivity index (χ0) is 17.2. The van der Waals surface area contributed by atoms with Gasteiger partial charge < -0.3 is 9.47 Å². The molecule has 0 amide bonds. The van der Waals surface area contributed by atoms with E-state index in [1.807, 2.05) is 12.3 Å².